The van der Waals surface area contributed by atoms with Crippen molar-refractivity contribution < 1.29 is 9.31 Å². The van der Waals surface area contributed by atoms with Gasteiger partial charge in [0.2, 0.25) is 0 Å². The predicted octanol–water partition coefficient (Wildman–Crippen LogP) is 2.47. The highest BCUT2D eigenvalue weighted by molar-refractivity contribution is 6.62. The molecule has 1 aromatic carbocycles. The fraction of sp³-hybridized carbons (Fsp3) is 0.533. The molecule has 0 amide bonds. The van der Waals surface area contributed by atoms with E-state index in [2.05, 4.69) is 6.07 Å². The summed E-state index contributed by atoms with van der Waals surface area (Å²) in [5, 5.41) is 9.05. The summed E-state index contributed by atoms with van der Waals surface area (Å²) in [6, 6.07) is 6.10. The Morgan fingerprint density at radius 1 is 1.00 bits per heavy atom. The molecule has 1 aliphatic heterocycles. The highest BCUT2D eigenvalue weighted by Crippen LogP contribution is 2.36. The number of nitriles is 1. The minimum absolute atomic E-state index is 0.341. The molecule has 2 rings (SSSR count). The zero-order chi connectivity index (χ0) is 14.4. The summed E-state index contributed by atoms with van der Waals surface area (Å²) in [5.74, 6) is 0. The van der Waals surface area contributed by atoms with E-state index in [-0.39, 0.29) is 18.3 Å². The van der Waals surface area contributed by atoms with Crippen molar-refractivity contribution in [1.29, 1.82) is 5.26 Å². The Bertz CT molecular complexity index is 542. The SMILES string of the molecule is Cc1cc(B2OC(C)(C)C(C)(C)O2)c(C)cc1C#N. The van der Waals surface area contributed by atoms with E-state index in [9.17, 15) is 0 Å². The van der Waals surface area contributed by atoms with E-state index < -0.39 is 0 Å². The molecule has 0 aliphatic carbocycles. The molecule has 1 fully saturated rings. The molecule has 1 saturated heterocycles. The summed E-state index contributed by atoms with van der Waals surface area (Å²) >= 11 is 0. The Labute approximate surface area is 115 Å². The Hall–Kier alpha value is -1.31. The first-order valence-electron chi connectivity index (χ1n) is 6.55. The summed E-state index contributed by atoms with van der Waals surface area (Å²) in [6.45, 7) is 12.1. The third kappa shape index (κ3) is 2.29. The van der Waals surface area contributed by atoms with E-state index in [1.54, 1.807) is 0 Å². The molecule has 1 heterocycles. The molecule has 0 unspecified atom stereocenters. The van der Waals surface area contributed by atoms with E-state index in [0.717, 1.165) is 16.6 Å². The summed E-state index contributed by atoms with van der Waals surface area (Å²) in [7, 11) is -0.364. The van der Waals surface area contributed by atoms with Gasteiger partial charge in [-0.15, -0.1) is 0 Å². The monoisotopic (exact) mass is 257 g/mol. The minimum atomic E-state index is -0.364. The lowest BCUT2D eigenvalue weighted by Crippen LogP contribution is -2.41. The molecule has 0 spiro atoms. The molecule has 0 saturated carbocycles. The van der Waals surface area contributed by atoms with Crippen molar-refractivity contribution >= 4 is 12.6 Å². The van der Waals surface area contributed by atoms with Crippen LogP contribution in [0.15, 0.2) is 12.1 Å². The largest absolute Gasteiger partial charge is 0.495 e. The van der Waals surface area contributed by atoms with Gasteiger partial charge in [0.05, 0.1) is 22.8 Å². The van der Waals surface area contributed by atoms with Crippen molar-refractivity contribution in [3.05, 3.63) is 28.8 Å². The van der Waals surface area contributed by atoms with Crippen molar-refractivity contribution in [2.75, 3.05) is 0 Å². The number of hydrogen-bond acceptors (Lipinski definition) is 3. The molecule has 1 aromatic rings. The van der Waals surface area contributed by atoms with Gasteiger partial charge in [0.25, 0.3) is 0 Å². The molecule has 0 radical (unpaired) electrons. The first kappa shape index (κ1) is 14.1. The van der Waals surface area contributed by atoms with E-state index in [1.807, 2.05) is 53.7 Å². The van der Waals surface area contributed by atoms with E-state index in [1.165, 1.54) is 0 Å². The van der Waals surface area contributed by atoms with Crippen LogP contribution in [0.1, 0.15) is 44.4 Å². The Kier molecular flexibility index (Phi) is 3.24. The van der Waals surface area contributed by atoms with Crippen LogP contribution in [0, 0.1) is 25.2 Å². The second kappa shape index (κ2) is 4.36. The van der Waals surface area contributed by atoms with Crippen LogP contribution in [0.25, 0.3) is 0 Å². The fourth-order valence-electron chi connectivity index (χ4n) is 2.18. The van der Waals surface area contributed by atoms with Crippen LogP contribution >= 0.6 is 0 Å². The highest BCUT2D eigenvalue weighted by Gasteiger charge is 2.52. The van der Waals surface area contributed by atoms with Crippen molar-refractivity contribution in [1.82, 2.24) is 0 Å². The zero-order valence-electron chi connectivity index (χ0n) is 12.5. The van der Waals surface area contributed by atoms with Gasteiger partial charge < -0.3 is 9.31 Å². The lowest BCUT2D eigenvalue weighted by molar-refractivity contribution is 0.00578. The number of nitrogens with zero attached hydrogens (tertiary/aromatic N) is 1. The average Bonchev–Trinajstić information content (AvgIpc) is 2.50. The van der Waals surface area contributed by atoms with Gasteiger partial charge in [-0.1, -0.05) is 11.6 Å². The Morgan fingerprint density at radius 3 is 2.00 bits per heavy atom. The second-order valence-electron chi connectivity index (χ2n) is 6.22. The smallest absolute Gasteiger partial charge is 0.399 e. The molecule has 1 aliphatic rings. The van der Waals surface area contributed by atoms with Crippen molar-refractivity contribution in [2.45, 2.75) is 52.7 Å². The molecule has 19 heavy (non-hydrogen) atoms. The average molecular weight is 257 g/mol. The third-order valence-electron chi connectivity index (χ3n) is 4.24. The molecular weight excluding hydrogens is 237 g/mol. The number of rotatable bonds is 1. The maximum Gasteiger partial charge on any atom is 0.495 e. The number of aryl methyl sites for hydroxylation is 2. The highest BCUT2D eigenvalue weighted by atomic mass is 16.7. The fourth-order valence-corrected chi connectivity index (χ4v) is 2.18. The van der Waals surface area contributed by atoms with E-state index in [0.29, 0.717) is 5.56 Å². The third-order valence-corrected chi connectivity index (χ3v) is 4.24. The molecular formula is C15H20BNO2. The van der Waals surface area contributed by atoms with Crippen LogP contribution in [-0.4, -0.2) is 18.3 Å². The molecule has 0 aromatic heterocycles. The molecule has 4 heteroatoms. The molecule has 0 N–H and O–H groups in total. The van der Waals surface area contributed by atoms with Crippen LogP contribution in [0.5, 0.6) is 0 Å². The number of benzene rings is 1. The van der Waals surface area contributed by atoms with Crippen LogP contribution in [-0.2, 0) is 9.31 Å². The number of hydrogen-bond donors (Lipinski definition) is 0. The van der Waals surface area contributed by atoms with Crippen LogP contribution in [0.2, 0.25) is 0 Å². The summed E-state index contributed by atoms with van der Waals surface area (Å²) < 4.78 is 12.1. The molecule has 3 nitrogen and oxygen atoms in total. The van der Waals surface area contributed by atoms with Crippen molar-refractivity contribution in [3.63, 3.8) is 0 Å². The van der Waals surface area contributed by atoms with Gasteiger partial charge in [-0.3, -0.25) is 0 Å². The Morgan fingerprint density at radius 2 is 1.53 bits per heavy atom. The lowest BCUT2D eigenvalue weighted by Gasteiger charge is -2.32. The molecule has 100 valence electrons. The predicted molar refractivity (Wildman–Crippen MR) is 76.3 cm³/mol. The van der Waals surface area contributed by atoms with Crippen molar-refractivity contribution in [2.24, 2.45) is 0 Å². The summed E-state index contributed by atoms with van der Waals surface area (Å²) in [4.78, 5) is 0. The minimum Gasteiger partial charge on any atom is -0.399 e. The standard InChI is InChI=1S/C15H20BNO2/c1-10-8-13(11(2)7-12(10)9-17)16-18-14(3,4)15(5,6)19-16/h7-8H,1-6H3. The first-order chi connectivity index (χ1) is 8.68. The van der Waals surface area contributed by atoms with Crippen molar-refractivity contribution in [3.8, 4) is 6.07 Å². The summed E-state index contributed by atoms with van der Waals surface area (Å²) in [5.41, 5.74) is 3.02. The maximum atomic E-state index is 9.05. The van der Waals surface area contributed by atoms with Gasteiger partial charge in [-0.05, 0) is 58.6 Å². The second-order valence-corrected chi connectivity index (χ2v) is 6.22. The van der Waals surface area contributed by atoms with Crippen LogP contribution in [0.3, 0.4) is 0 Å². The zero-order valence-corrected chi connectivity index (χ0v) is 12.5. The van der Waals surface area contributed by atoms with E-state index >= 15 is 0 Å². The van der Waals surface area contributed by atoms with Gasteiger partial charge in [0, 0.05) is 0 Å². The van der Waals surface area contributed by atoms with Gasteiger partial charge in [0.15, 0.2) is 0 Å². The van der Waals surface area contributed by atoms with E-state index in [4.69, 9.17) is 14.6 Å². The quantitative estimate of drug-likeness (QED) is 0.726. The summed E-state index contributed by atoms with van der Waals surface area (Å²) in [6.07, 6.45) is 0. The lowest BCUT2D eigenvalue weighted by atomic mass is 9.75. The topological polar surface area (TPSA) is 42.2 Å². The van der Waals surface area contributed by atoms with Gasteiger partial charge in [-0.25, -0.2) is 0 Å². The van der Waals surface area contributed by atoms with Crippen LogP contribution in [0.4, 0.5) is 0 Å². The van der Waals surface area contributed by atoms with Gasteiger partial charge in [0.1, 0.15) is 0 Å². The van der Waals surface area contributed by atoms with Gasteiger partial charge in [-0.2, -0.15) is 5.26 Å². The normalized spacial score (nSPS) is 20.4. The van der Waals surface area contributed by atoms with Crippen LogP contribution < -0.4 is 5.46 Å². The first-order valence-corrected chi connectivity index (χ1v) is 6.55. The molecule has 0 atom stereocenters. The Balaban J connectivity index is 2.41. The van der Waals surface area contributed by atoms with Gasteiger partial charge >= 0.3 is 7.12 Å². The molecule has 0 bridgehead atoms. The maximum absolute atomic E-state index is 9.05.